The second-order valence-corrected chi connectivity index (χ2v) is 10.0. The van der Waals surface area contributed by atoms with Crippen LogP contribution in [-0.2, 0) is 11.0 Å². The first-order valence-electron chi connectivity index (χ1n) is 11.5. The third kappa shape index (κ3) is 5.28. The summed E-state index contributed by atoms with van der Waals surface area (Å²) >= 11 is 13.0. The minimum Gasteiger partial charge on any atom is -0.481 e. The van der Waals surface area contributed by atoms with Gasteiger partial charge in [-0.3, -0.25) is 9.59 Å². The molecule has 37 heavy (non-hydrogen) atoms. The number of nitrogens with zero attached hydrogens (tertiary/aromatic N) is 3. The normalized spacial score (nSPS) is 15.8. The van der Waals surface area contributed by atoms with Crippen LogP contribution in [-0.4, -0.2) is 49.6 Å². The summed E-state index contributed by atoms with van der Waals surface area (Å²) in [6.45, 7) is 3.75. The second-order valence-electron chi connectivity index (χ2n) is 9.24. The Labute approximate surface area is 220 Å². The van der Waals surface area contributed by atoms with E-state index < -0.39 is 24.1 Å². The predicted molar refractivity (Wildman–Crippen MR) is 132 cm³/mol. The van der Waals surface area contributed by atoms with Gasteiger partial charge in [-0.15, -0.1) is 0 Å². The number of alkyl halides is 3. The number of rotatable bonds is 5. The minimum absolute atomic E-state index is 0.0143. The molecule has 1 saturated heterocycles. The maximum absolute atomic E-state index is 13.3. The van der Waals surface area contributed by atoms with Gasteiger partial charge in [0.15, 0.2) is 6.23 Å². The lowest BCUT2D eigenvalue weighted by Crippen LogP contribution is -2.39. The Kier molecular flexibility index (Phi) is 7.47. The predicted octanol–water partition coefficient (Wildman–Crippen LogP) is 5.84. The standard InChI is InChI=1S/C25H24Cl2F3N3O4/c1-12-11-33(22-13(2)31-18(10-16(12)22)25(28,29)30)24(37)20-17(26)4-3-15(21(20)27)23(36)32-7-5-14(6-8-32)9-19(34)35/h3-4,10-11,14,24,37H,5-9H2,1-2H3,(H,34,35). The fourth-order valence-electron chi connectivity index (χ4n) is 4.84. The number of aliphatic carboxylic acids is 1. The van der Waals surface area contributed by atoms with Crippen molar-refractivity contribution < 1.29 is 33.0 Å². The number of aliphatic hydroxyl groups is 1. The van der Waals surface area contributed by atoms with Crippen molar-refractivity contribution in [2.45, 2.75) is 45.5 Å². The zero-order chi connectivity index (χ0) is 27.2. The number of aromatic nitrogens is 2. The molecule has 1 unspecified atom stereocenters. The molecule has 0 spiro atoms. The van der Waals surface area contributed by atoms with Gasteiger partial charge in [0, 0.05) is 41.7 Å². The van der Waals surface area contributed by atoms with Crippen molar-refractivity contribution >= 4 is 46.0 Å². The van der Waals surface area contributed by atoms with E-state index in [0.29, 0.717) is 31.5 Å². The van der Waals surface area contributed by atoms with Crippen LogP contribution in [0.25, 0.3) is 10.9 Å². The van der Waals surface area contributed by atoms with Crippen molar-refractivity contribution in [1.29, 1.82) is 0 Å². The maximum Gasteiger partial charge on any atom is 0.433 e. The molecule has 2 aromatic heterocycles. The van der Waals surface area contributed by atoms with Crippen molar-refractivity contribution in [2.75, 3.05) is 13.1 Å². The van der Waals surface area contributed by atoms with Crippen LogP contribution in [0.3, 0.4) is 0 Å². The average Bonchev–Trinajstić information content (AvgIpc) is 3.15. The van der Waals surface area contributed by atoms with Gasteiger partial charge >= 0.3 is 12.1 Å². The first kappa shape index (κ1) is 27.2. The zero-order valence-corrected chi connectivity index (χ0v) is 21.5. The molecular formula is C25H24Cl2F3N3O4. The van der Waals surface area contributed by atoms with Crippen LogP contribution in [0, 0.1) is 19.8 Å². The summed E-state index contributed by atoms with van der Waals surface area (Å²) in [6.07, 6.45) is -3.53. The molecular weight excluding hydrogens is 534 g/mol. The Hall–Kier alpha value is -2.82. The number of halogens is 5. The number of carbonyl (C=O) groups is 2. The number of aryl methyl sites for hydroxylation is 2. The van der Waals surface area contributed by atoms with Crippen molar-refractivity contribution in [2.24, 2.45) is 5.92 Å². The molecule has 198 valence electrons. The maximum atomic E-state index is 13.3. The summed E-state index contributed by atoms with van der Waals surface area (Å²) in [7, 11) is 0. The highest BCUT2D eigenvalue weighted by atomic mass is 35.5. The van der Waals surface area contributed by atoms with Gasteiger partial charge in [0.25, 0.3) is 5.91 Å². The number of likely N-dealkylation sites (tertiary alicyclic amines) is 1. The Bertz CT molecular complexity index is 1380. The molecule has 3 aromatic rings. The summed E-state index contributed by atoms with van der Waals surface area (Å²) in [5.74, 6) is -1.28. The molecule has 7 nitrogen and oxygen atoms in total. The van der Waals surface area contributed by atoms with Crippen molar-refractivity contribution in [3.63, 3.8) is 0 Å². The summed E-state index contributed by atoms with van der Waals surface area (Å²) in [5, 5.41) is 20.6. The lowest BCUT2D eigenvalue weighted by atomic mass is 9.93. The number of aliphatic hydroxyl groups excluding tert-OH is 1. The van der Waals surface area contributed by atoms with Crippen LogP contribution in [0.4, 0.5) is 13.2 Å². The molecule has 1 aliphatic heterocycles. The van der Waals surface area contributed by atoms with E-state index in [1.54, 1.807) is 11.8 Å². The third-order valence-electron chi connectivity index (χ3n) is 6.72. The zero-order valence-electron chi connectivity index (χ0n) is 19.9. The highest BCUT2D eigenvalue weighted by Crippen LogP contribution is 2.39. The smallest absolute Gasteiger partial charge is 0.433 e. The molecule has 1 fully saturated rings. The van der Waals surface area contributed by atoms with E-state index in [-0.39, 0.29) is 56.0 Å². The Morgan fingerprint density at radius 3 is 2.43 bits per heavy atom. The Morgan fingerprint density at radius 2 is 1.84 bits per heavy atom. The number of fused-ring (bicyclic) bond motifs is 1. The molecule has 1 atom stereocenters. The van der Waals surface area contributed by atoms with E-state index in [9.17, 15) is 27.9 Å². The molecule has 1 amide bonds. The topological polar surface area (TPSA) is 95.7 Å². The van der Waals surface area contributed by atoms with E-state index >= 15 is 0 Å². The van der Waals surface area contributed by atoms with Gasteiger partial charge in [0.2, 0.25) is 0 Å². The number of carbonyl (C=O) groups excluding carboxylic acids is 1. The van der Waals surface area contributed by atoms with Gasteiger partial charge < -0.3 is 19.7 Å². The summed E-state index contributed by atoms with van der Waals surface area (Å²) in [6, 6.07) is 3.81. The number of benzene rings is 1. The van der Waals surface area contributed by atoms with Crippen LogP contribution in [0.1, 0.15) is 58.4 Å². The number of amides is 1. The van der Waals surface area contributed by atoms with Gasteiger partial charge in [0.1, 0.15) is 5.69 Å². The summed E-state index contributed by atoms with van der Waals surface area (Å²) in [4.78, 5) is 29.5. The van der Waals surface area contributed by atoms with Gasteiger partial charge in [-0.05, 0) is 56.4 Å². The molecule has 4 rings (SSSR count). The van der Waals surface area contributed by atoms with Crippen LogP contribution >= 0.6 is 23.2 Å². The molecule has 1 aromatic carbocycles. The van der Waals surface area contributed by atoms with Gasteiger partial charge in [-0.2, -0.15) is 13.2 Å². The summed E-state index contributed by atoms with van der Waals surface area (Å²) in [5.41, 5.74) is -0.0780. The minimum atomic E-state index is -4.63. The largest absolute Gasteiger partial charge is 0.481 e. The monoisotopic (exact) mass is 557 g/mol. The van der Waals surface area contributed by atoms with E-state index in [0.717, 1.165) is 6.07 Å². The average molecular weight is 558 g/mol. The Morgan fingerprint density at radius 1 is 1.19 bits per heavy atom. The van der Waals surface area contributed by atoms with Crippen LogP contribution < -0.4 is 0 Å². The van der Waals surface area contributed by atoms with E-state index in [4.69, 9.17) is 28.3 Å². The lowest BCUT2D eigenvalue weighted by molar-refractivity contribution is -0.141. The Balaban J connectivity index is 1.69. The first-order valence-corrected chi connectivity index (χ1v) is 12.3. The molecule has 0 aliphatic carbocycles. The van der Waals surface area contributed by atoms with Gasteiger partial charge in [-0.1, -0.05) is 23.2 Å². The first-order chi connectivity index (χ1) is 17.3. The highest BCUT2D eigenvalue weighted by Gasteiger charge is 2.34. The molecule has 2 N–H and O–H groups in total. The molecule has 0 saturated carbocycles. The summed E-state index contributed by atoms with van der Waals surface area (Å²) < 4.78 is 41.2. The van der Waals surface area contributed by atoms with E-state index in [1.807, 2.05) is 0 Å². The van der Waals surface area contributed by atoms with Crippen molar-refractivity contribution in [1.82, 2.24) is 14.5 Å². The number of carboxylic acids is 1. The fourth-order valence-corrected chi connectivity index (χ4v) is 5.49. The van der Waals surface area contributed by atoms with Gasteiger partial charge in [-0.25, -0.2) is 4.98 Å². The van der Waals surface area contributed by atoms with Crippen LogP contribution in [0.2, 0.25) is 10.0 Å². The van der Waals surface area contributed by atoms with Crippen LogP contribution in [0.5, 0.6) is 0 Å². The van der Waals surface area contributed by atoms with Crippen molar-refractivity contribution in [3.8, 4) is 0 Å². The lowest BCUT2D eigenvalue weighted by Gasteiger charge is -2.32. The number of hydrogen-bond donors (Lipinski definition) is 2. The number of piperidine rings is 1. The molecule has 1 aliphatic rings. The SMILES string of the molecule is Cc1cn(C(O)c2c(Cl)ccc(C(=O)N3CCC(CC(=O)O)CC3)c2Cl)c2c(C)nc(C(F)(F)F)cc12. The fraction of sp³-hybridized carbons (Fsp3) is 0.400. The molecule has 3 heterocycles. The number of hydrogen-bond acceptors (Lipinski definition) is 4. The highest BCUT2D eigenvalue weighted by molar-refractivity contribution is 6.38. The van der Waals surface area contributed by atoms with Gasteiger partial charge in [0.05, 0.1) is 21.8 Å². The number of pyridine rings is 1. The molecule has 0 bridgehead atoms. The molecule has 0 radical (unpaired) electrons. The van der Waals surface area contributed by atoms with Crippen molar-refractivity contribution in [3.05, 3.63) is 62.5 Å². The van der Waals surface area contributed by atoms with Crippen LogP contribution in [0.15, 0.2) is 24.4 Å². The van der Waals surface area contributed by atoms with E-state index in [1.165, 1.54) is 29.8 Å². The second kappa shape index (κ2) is 10.2. The van der Waals surface area contributed by atoms with E-state index in [2.05, 4.69) is 4.98 Å². The molecule has 12 heteroatoms. The quantitative estimate of drug-likeness (QED) is 0.410. The number of carboxylic acid groups (broad SMARTS) is 1. The third-order valence-corrected chi connectivity index (χ3v) is 7.45.